The average Bonchev–Trinajstić information content (AvgIpc) is 2.52. The van der Waals surface area contributed by atoms with E-state index in [1.165, 1.54) is 0 Å². The summed E-state index contributed by atoms with van der Waals surface area (Å²) in [6.07, 6.45) is 4.90. The van der Waals surface area contributed by atoms with Gasteiger partial charge in [-0.25, -0.2) is 0 Å². The zero-order chi connectivity index (χ0) is 16.6. The van der Waals surface area contributed by atoms with Crippen LogP contribution in [-0.4, -0.2) is 53.8 Å². The van der Waals surface area contributed by atoms with Crippen LogP contribution in [-0.2, 0) is 19.1 Å². The predicted molar refractivity (Wildman–Crippen MR) is 85.8 cm³/mol. The largest absolute Gasteiger partial charge is 0.466 e. The number of unbranched alkanes of at least 4 members (excludes halogenated alkanes) is 4. The van der Waals surface area contributed by atoms with Gasteiger partial charge in [0.2, 0.25) is 0 Å². The summed E-state index contributed by atoms with van der Waals surface area (Å²) < 4.78 is 10.0. The summed E-state index contributed by atoms with van der Waals surface area (Å²) >= 11 is 4.13. The molecule has 7 heteroatoms. The molecule has 0 aromatic heterocycles. The van der Waals surface area contributed by atoms with Gasteiger partial charge in [0.1, 0.15) is 5.25 Å². The molecule has 1 atom stereocenters. The highest BCUT2D eigenvalue weighted by Gasteiger charge is 2.17. The number of rotatable bonds is 14. The van der Waals surface area contributed by atoms with Crippen molar-refractivity contribution < 1.29 is 29.3 Å². The van der Waals surface area contributed by atoms with Gasteiger partial charge in [0.25, 0.3) is 0 Å². The maximum atomic E-state index is 11.6. The van der Waals surface area contributed by atoms with Crippen molar-refractivity contribution in [1.82, 2.24) is 0 Å². The van der Waals surface area contributed by atoms with E-state index in [-0.39, 0.29) is 32.0 Å². The fourth-order valence-electron chi connectivity index (χ4n) is 1.68. The van der Waals surface area contributed by atoms with Crippen molar-refractivity contribution in [3.63, 3.8) is 0 Å². The van der Waals surface area contributed by atoms with E-state index in [9.17, 15) is 9.59 Å². The lowest BCUT2D eigenvalue weighted by Gasteiger charge is -2.10. The van der Waals surface area contributed by atoms with E-state index in [1.54, 1.807) is 0 Å². The van der Waals surface area contributed by atoms with Crippen molar-refractivity contribution >= 4 is 24.6 Å². The molecule has 0 fully saturated rings. The van der Waals surface area contributed by atoms with Crippen molar-refractivity contribution in [2.45, 2.75) is 56.6 Å². The molecule has 0 amide bonds. The third kappa shape index (κ3) is 12.9. The first-order valence-electron chi connectivity index (χ1n) is 7.83. The lowest BCUT2D eigenvalue weighted by atomic mass is 10.2. The molecule has 130 valence electrons. The minimum absolute atomic E-state index is 0.133. The van der Waals surface area contributed by atoms with Crippen LogP contribution in [0.5, 0.6) is 0 Å². The number of aliphatic hydroxyl groups excluding tert-OH is 2. The van der Waals surface area contributed by atoms with Crippen molar-refractivity contribution in [1.29, 1.82) is 0 Å². The van der Waals surface area contributed by atoms with Crippen LogP contribution in [0, 0.1) is 0 Å². The molecule has 0 aliphatic heterocycles. The quantitative estimate of drug-likeness (QED) is 0.253. The fraction of sp³-hybridized carbons (Fsp3) is 0.867. The number of aliphatic hydroxyl groups is 2. The van der Waals surface area contributed by atoms with Gasteiger partial charge in [0, 0.05) is 19.6 Å². The van der Waals surface area contributed by atoms with E-state index in [0.29, 0.717) is 32.5 Å². The van der Waals surface area contributed by atoms with Crippen molar-refractivity contribution in [3.05, 3.63) is 0 Å². The molecular formula is C15H28O6S. The molecule has 0 rings (SSSR count). The Hall–Kier alpha value is -0.790. The molecule has 0 heterocycles. The zero-order valence-corrected chi connectivity index (χ0v) is 13.9. The van der Waals surface area contributed by atoms with Gasteiger partial charge in [-0.3, -0.25) is 9.59 Å². The zero-order valence-electron chi connectivity index (χ0n) is 13.0. The second kappa shape index (κ2) is 15.1. The summed E-state index contributed by atoms with van der Waals surface area (Å²) in [5, 5.41) is 16.6. The van der Waals surface area contributed by atoms with E-state index in [0.717, 1.165) is 19.3 Å². The third-order valence-electron chi connectivity index (χ3n) is 3.01. The topological polar surface area (TPSA) is 93.1 Å². The van der Waals surface area contributed by atoms with Crippen LogP contribution in [0.4, 0.5) is 0 Å². The monoisotopic (exact) mass is 336 g/mol. The van der Waals surface area contributed by atoms with Crippen LogP contribution in [0.3, 0.4) is 0 Å². The smallest absolute Gasteiger partial charge is 0.318 e. The van der Waals surface area contributed by atoms with Crippen LogP contribution in [0.2, 0.25) is 0 Å². The summed E-state index contributed by atoms with van der Waals surface area (Å²) in [6.45, 7) is 0.944. The van der Waals surface area contributed by atoms with Crippen LogP contribution < -0.4 is 0 Å². The molecule has 0 aromatic carbocycles. The van der Waals surface area contributed by atoms with Gasteiger partial charge in [-0.1, -0.05) is 0 Å². The van der Waals surface area contributed by atoms with Gasteiger partial charge in [0.15, 0.2) is 0 Å². The number of hydrogen-bond donors (Lipinski definition) is 3. The number of hydrogen-bond acceptors (Lipinski definition) is 7. The maximum absolute atomic E-state index is 11.6. The average molecular weight is 336 g/mol. The lowest BCUT2D eigenvalue weighted by molar-refractivity contribution is -0.145. The molecular weight excluding hydrogens is 308 g/mol. The summed E-state index contributed by atoms with van der Waals surface area (Å²) in [5.41, 5.74) is 0. The second-order valence-electron chi connectivity index (χ2n) is 5.01. The van der Waals surface area contributed by atoms with Crippen molar-refractivity contribution in [2.24, 2.45) is 0 Å². The summed E-state index contributed by atoms with van der Waals surface area (Å²) in [5.74, 6) is -0.776. The van der Waals surface area contributed by atoms with Gasteiger partial charge in [-0.2, -0.15) is 12.6 Å². The molecule has 0 saturated heterocycles. The number of ether oxygens (including phenoxy) is 2. The van der Waals surface area contributed by atoms with Crippen LogP contribution in [0.25, 0.3) is 0 Å². The molecule has 0 radical (unpaired) electrons. The van der Waals surface area contributed by atoms with E-state index >= 15 is 0 Å². The Morgan fingerprint density at radius 1 is 0.864 bits per heavy atom. The molecule has 0 aliphatic carbocycles. The number of thiol groups is 1. The van der Waals surface area contributed by atoms with Gasteiger partial charge in [-0.15, -0.1) is 0 Å². The second-order valence-corrected chi connectivity index (χ2v) is 5.63. The van der Waals surface area contributed by atoms with E-state index in [4.69, 9.17) is 19.7 Å². The van der Waals surface area contributed by atoms with Crippen LogP contribution in [0.15, 0.2) is 0 Å². The molecule has 2 N–H and O–H groups in total. The standard InChI is InChI=1S/C15H28O6S/c16-9-3-1-5-11-20-14(18)8-7-13(22)15(19)21-12-6-2-4-10-17/h13,16-17,22H,1-12H2. The van der Waals surface area contributed by atoms with Gasteiger partial charge in [-0.05, 0) is 44.9 Å². The first kappa shape index (κ1) is 21.2. The van der Waals surface area contributed by atoms with Crippen molar-refractivity contribution in [3.8, 4) is 0 Å². The Morgan fingerprint density at radius 3 is 1.95 bits per heavy atom. The summed E-state index contributed by atoms with van der Waals surface area (Å²) in [4.78, 5) is 23.1. The molecule has 0 aliphatic rings. The van der Waals surface area contributed by atoms with Gasteiger partial charge in [0.05, 0.1) is 13.2 Å². The molecule has 6 nitrogen and oxygen atoms in total. The Kier molecular flexibility index (Phi) is 14.6. The third-order valence-corrected chi connectivity index (χ3v) is 3.48. The number of esters is 2. The van der Waals surface area contributed by atoms with Crippen LogP contribution in [0.1, 0.15) is 51.4 Å². The lowest BCUT2D eigenvalue weighted by Crippen LogP contribution is -2.20. The Labute approximate surface area is 137 Å². The molecule has 0 aromatic rings. The first-order valence-corrected chi connectivity index (χ1v) is 8.35. The van der Waals surface area contributed by atoms with E-state index in [1.807, 2.05) is 0 Å². The molecule has 0 saturated carbocycles. The van der Waals surface area contributed by atoms with Crippen molar-refractivity contribution in [2.75, 3.05) is 26.4 Å². The number of carbonyl (C=O) groups is 2. The van der Waals surface area contributed by atoms with Crippen LogP contribution >= 0.6 is 12.6 Å². The molecule has 0 bridgehead atoms. The Morgan fingerprint density at radius 2 is 1.41 bits per heavy atom. The predicted octanol–water partition coefficient (Wildman–Crippen LogP) is 1.48. The first-order chi connectivity index (χ1) is 10.6. The normalized spacial score (nSPS) is 12.0. The minimum Gasteiger partial charge on any atom is -0.466 e. The Balaban J connectivity index is 3.58. The highest BCUT2D eigenvalue weighted by molar-refractivity contribution is 7.81. The highest BCUT2D eigenvalue weighted by atomic mass is 32.1. The molecule has 1 unspecified atom stereocenters. The maximum Gasteiger partial charge on any atom is 0.318 e. The highest BCUT2D eigenvalue weighted by Crippen LogP contribution is 2.09. The fourth-order valence-corrected chi connectivity index (χ4v) is 1.88. The molecule has 0 spiro atoms. The van der Waals surface area contributed by atoms with Gasteiger partial charge >= 0.3 is 11.9 Å². The summed E-state index contributed by atoms with van der Waals surface area (Å²) in [7, 11) is 0. The number of carbonyl (C=O) groups excluding carboxylic acids is 2. The van der Waals surface area contributed by atoms with E-state index in [2.05, 4.69) is 12.6 Å². The van der Waals surface area contributed by atoms with E-state index < -0.39 is 11.2 Å². The van der Waals surface area contributed by atoms with Gasteiger partial charge < -0.3 is 19.7 Å². The minimum atomic E-state index is -0.625. The SMILES string of the molecule is O=C(CCC(S)C(=O)OCCCCCO)OCCCCCO. The molecule has 22 heavy (non-hydrogen) atoms. The Bertz CT molecular complexity index is 298. The summed E-state index contributed by atoms with van der Waals surface area (Å²) in [6, 6.07) is 0.